The third-order valence-corrected chi connectivity index (χ3v) is 3.98. The lowest BCUT2D eigenvalue weighted by molar-refractivity contribution is -0.117. The standard InChI is InChI=1S/C14H21N7O/c1-2-3-5-21-14(18-12(19-21)8-11(15)22)10-4-6-20-13(7-10)16-9-17-20/h9-10H,2-8H2,1H3,(H2,15,22). The molecule has 0 bridgehead atoms. The Morgan fingerprint density at radius 1 is 1.50 bits per heavy atom. The summed E-state index contributed by atoms with van der Waals surface area (Å²) in [5, 5.41) is 8.67. The largest absolute Gasteiger partial charge is 0.369 e. The molecule has 22 heavy (non-hydrogen) atoms. The molecule has 118 valence electrons. The Kier molecular flexibility index (Phi) is 4.17. The molecule has 0 spiro atoms. The monoisotopic (exact) mass is 303 g/mol. The molecular weight excluding hydrogens is 282 g/mol. The highest BCUT2D eigenvalue weighted by Gasteiger charge is 2.26. The minimum absolute atomic E-state index is 0.0923. The van der Waals surface area contributed by atoms with Crippen molar-refractivity contribution in [3.63, 3.8) is 0 Å². The predicted octanol–water partition coefficient (Wildman–Crippen LogP) is 0.427. The van der Waals surface area contributed by atoms with Crippen molar-refractivity contribution in [3.05, 3.63) is 23.8 Å². The van der Waals surface area contributed by atoms with Gasteiger partial charge in [0.05, 0.1) is 6.42 Å². The maximum absolute atomic E-state index is 11.1. The van der Waals surface area contributed by atoms with Crippen molar-refractivity contribution >= 4 is 5.91 Å². The molecule has 1 unspecified atom stereocenters. The number of fused-ring (bicyclic) bond motifs is 1. The van der Waals surface area contributed by atoms with E-state index in [0.717, 1.165) is 50.4 Å². The van der Waals surface area contributed by atoms with Gasteiger partial charge in [0, 0.05) is 25.4 Å². The van der Waals surface area contributed by atoms with Crippen molar-refractivity contribution in [2.45, 2.75) is 58.0 Å². The van der Waals surface area contributed by atoms with Gasteiger partial charge in [-0.1, -0.05) is 13.3 Å². The first-order valence-electron chi connectivity index (χ1n) is 7.76. The summed E-state index contributed by atoms with van der Waals surface area (Å²) in [7, 11) is 0. The number of primary amides is 1. The zero-order valence-electron chi connectivity index (χ0n) is 12.8. The molecule has 2 aromatic heterocycles. The number of unbranched alkanes of at least 4 members (excludes halogenated alkanes) is 1. The highest BCUT2D eigenvalue weighted by Crippen LogP contribution is 2.27. The number of hydrogen-bond donors (Lipinski definition) is 1. The van der Waals surface area contributed by atoms with Gasteiger partial charge in [0.1, 0.15) is 18.0 Å². The maximum atomic E-state index is 11.1. The van der Waals surface area contributed by atoms with Gasteiger partial charge in [-0.25, -0.2) is 14.6 Å². The molecule has 2 aromatic rings. The number of hydrogen-bond acceptors (Lipinski definition) is 5. The molecule has 1 aliphatic heterocycles. The summed E-state index contributed by atoms with van der Waals surface area (Å²) in [6.45, 7) is 3.80. The number of carbonyl (C=O) groups is 1. The SMILES string of the molecule is CCCCn1nc(CC(N)=O)nc1C1CCn2ncnc2C1. The summed E-state index contributed by atoms with van der Waals surface area (Å²) in [5.74, 6) is 2.31. The lowest BCUT2D eigenvalue weighted by Crippen LogP contribution is -2.22. The Morgan fingerprint density at radius 3 is 3.14 bits per heavy atom. The Bertz CT molecular complexity index is 660. The van der Waals surface area contributed by atoms with E-state index in [0.29, 0.717) is 5.82 Å². The Hall–Kier alpha value is -2.25. The van der Waals surface area contributed by atoms with Crippen LogP contribution in [0.4, 0.5) is 0 Å². The number of carbonyl (C=O) groups excluding carboxylic acids is 1. The van der Waals surface area contributed by atoms with Crippen molar-refractivity contribution in [2.75, 3.05) is 0 Å². The quantitative estimate of drug-likeness (QED) is 0.833. The lowest BCUT2D eigenvalue weighted by atomic mass is 9.97. The molecule has 0 fully saturated rings. The molecule has 2 N–H and O–H groups in total. The second-order valence-corrected chi connectivity index (χ2v) is 5.70. The zero-order chi connectivity index (χ0) is 15.5. The third-order valence-electron chi connectivity index (χ3n) is 3.98. The van der Waals surface area contributed by atoms with E-state index in [1.807, 2.05) is 9.36 Å². The maximum Gasteiger partial charge on any atom is 0.225 e. The summed E-state index contributed by atoms with van der Waals surface area (Å²) < 4.78 is 3.88. The van der Waals surface area contributed by atoms with Crippen LogP contribution in [0.2, 0.25) is 0 Å². The molecule has 1 atom stereocenters. The molecule has 0 aromatic carbocycles. The molecule has 0 radical (unpaired) electrons. The van der Waals surface area contributed by atoms with Crippen LogP contribution < -0.4 is 5.73 Å². The number of nitrogens with zero attached hydrogens (tertiary/aromatic N) is 6. The molecule has 1 amide bonds. The molecular formula is C14H21N7O. The second-order valence-electron chi connectivity index (χ2n) is 5.70. The minimum atomic E-state index is -0.400. The molecule has 1 aliphatic rings. The normalized spacial score (nSPS) is 17.4. The molecule has 0 saturated carbocycles. The van der Waals surface area contributed by atoms with Crippen molar-refractivity contribution in [1.29, 1.82) is 0 Å². The number of amides is 1. The highest BCUT2D eigenvalue weighted by atomic mass is 16.1. The van der Waals surface area contributed by atoms with Gasteiger partial charge in [0.15, 0.2) is 5.82 Å². The van der Waals surface area contributed by atoms with E-state index in [1.54, 1.807) is 6.33 Å². The van der Waals surface area contributed by atoms with Gasteiger partial charge in [-0.2, -0.15) is 10.2 Å². The summed E-state index contributed by atoms with van der Waals surface area (Å²) in [6, 6.07) is 0. The van der Waals surface area contributed by atoms with Crippen LogP contribution in [0.3, 0.4) is 0 Å². The van der Waals surface area contributed by atoms with Gasteiger partial charge in [-0.05, 0) is 12.8 Å². The summed E-state index contributed by atoms with van der Waals surface area (Å²) in [4.78, 5) is 20.0. The third kappa shape index (κ3) is 3.00. The van der Waals surface area contributed by atoms with Crippen LogP contribution in [0.25, 0.3) is 0 Å². The number of rotatable bonds is 6. The summed E-state index contributed by atoms with van der Waals surface area (Å²) >= 11 is 0. The van der Waals surface area contributed by atoms with E-state index in [9.17, 15) is 4.79 Å². The van der Waals surface area contributed by atoms with Crippen LogP contribution >= 0.6 is 0 Å². The fourth-order valence-corrected chi connectivity index (χ4v) is 2.86. The van der Waals surface area contributed by atoms with Crippen molar-refractivity contribution < 1.29 is 4.79 Å². The molecule has 0 saturated heterocycles. The van der Waals surface area contributed by atoms with Crippen LogP contribution in [-0.4, -0.2) is 35.4 Å². The summed E-state index contributed by atoms with van der Waals surface area (Å²) in [6.07, 6.45) is 5.57. The highest BCUT2D eigenvalue weighted by molar-refractivity contribution is 5.75. The van der Waals surface area contributed by atoms with Crippen molar-refractivity contribution in [3.8, 4) is 0 Å². The van der Waals surface area contributed by atoms with Crippen LogP contribution in [0.1, 0.15) is 49.6 Å². The first-order chi connectivity index (χ1) is 10.7. The fourth-order valence-electron chi connectivity index (χ4n) is 2.86. The molecule has 8 heteroatoms. The molecule has 3 heterocycles. The average Bonchev–Trinajstić information content (AvgIpc) is 3.10. The van der Waals surface area contributed by atoms with E-state index in [1.165, 1.54) is 0 Å². The van der Waals surface area contributed by atoms with Gasteiger partial charge < -0.3 is 5.73 Å². The van der Waals surface area contributed by atoms with Gasteiger partial charge >= 0.3 is 0 Å². The Balaban J connectivity index is 1.84. The first-order valence-corrected chi connectivity index (χ1v) is 7.76. The van der Waals surface area contributed by atoms with Crippen LogP contribution in [0.5, 0.6) is 0 Å². The Morgan fingerprint density at radius 2 is 2.36 bits per heavy atom. The predicted molar refractivity (Wildman–Crippen MR) is 78.9 cm³/mol. The zero-order valence-corrected chi connectivity index (χ0v) is 12.8. The van der Waals surface area contributed by atoms with Crippen molar-refractivity contribution in [2.24, 2.45) is 5.73 Å². The van der Waals surface area contributed by atoms with Crippen LogP contribution in [0, 0.1) is 0 Å². The van der Waals surface area contributed by atoms with E-state index < -0.39 is 5.91 Å². The van der Waals surface area contributed by atoms with E-state index in [2.05, 4.69) is 27.1 Å². The van der Waals surface area contributed by atoms with Gasteiger partial charge in [0.2, 0.25) is 5.91 Å². The second kappa shape index (κ2) is 6.25. The topological polar surface area (TPSA) is 105 Å². The lowest BCUT2D eigenvalue weighted by Gasteiger charge is -2.21. The molecule has 8 nitrogen and oxygen atoms in total. The van der Waals surface area contributed by atoms with Gasteiger partial charge in [-0.15, -0.1) is 0 Å². The van der Waals surface area contributed by atoms with Crippen molar-refractivity contribution in [1.82, 2.24) is 29.5 Å². The average molecular weight is 303 g/mol. The molecule has 3 rings (SSSR count). The van der Waals surface area contributed by atoms with E-state index in [4.69, 9.17) is 5.73 Å². The number of nitrogens with two attached hydrogens (primary N) is 1. The first kappa shape index (κ1) is 14.7. The van der Waals surface area contributed by atoms with Crippen LogP contribution in [-0.2, 0) is 30.7 Å². The summed E-state index contributed by atoms with van der Waals surface area (Å²) in [5.41, 5.74) is 5.26. The number of aromatic nitrogens is 6. The fraction of sp³-hybridized carbons (Fsp3) is 0.643. The van der Waals surface area contributed by atoms with Crippen LogP contribution in [0.15, 0.2) is 6.33 Å². The van der Waals surface area contributed by atoms with Gasteiger partial charge in [-0.3, -0.25) is 9.48 Å². The Labute approximate surface area is 128 Å². The minimum Gasteiger partial charge on any atom is -0.369 e. The van der Waals surface area contributed by atoms with E-state index >= 15 is 0 Å². The van der Waals surface area contributed by atoms with Gasteiger partial charge in [0.25, 0.3) is 0 Å². The van der Waals surface area contributed by atoms with E-state index in [-0.39, 0.29) is 12.3 Å². The molecule has 0 aliphatic carbocycles. The number of aryl methyl sites for hydroxylation is 2. The smallest absolute Gasteiger partial charge is 0.225 e.